The molecule has 0 aliphatic carbocycles. The number of rotatable bonds is 6. The first kappa shape index (κ1) is 16.1. The van der Waals surface area contributed by atoms with E-state index in [4.69, 9.17) is 4.74 Å². The number of aliphatic imine (C=N–C) groups is 1. The van der Waals surface area contributed by atoms with Crippen molar-refractivity contribution in [2.24, 2.45) is 4.99 Å². The predicted molar refractivity (Wildman–Crippen MR) is 92.1 cm³/mol. The van der Waals surface area contributed by atoms with E-state index < -0.39 is 4.92 Å². The van der Waals surface area contributed by atoms with Crippen LogP contribution in [0.5, 0.6) is 0 Å². The minimum Gasteiger partial charge on any atom is -0.372 e. The lowest BCUT2D eigenvalue weighted by Crippen LogP contribution is -2.30. The average Bonchev–Trinajstić information content (AvgIpc) is 2.63. The molecule has 2 aromatic rings. The highest BCUT2D eigenvalue weighted by Gasteiger charge is 2.08. The Morgan fingerprint density at radius 1 is 1.12 bits per heavy atom. The molecule has 1 aliphatic rings. The molecule has 0 unspecified atom stereocenters. The number of hydrogen-bond donors (Lipinski definition) is 1. The number of nitro benzene ring substituents is 1. The topological polar surface area (TPSA) is 76.8 Å². The van der Waals surface area contributed by atoms with E-state index in [9.17, 15) is 10.1 Å². The molecule has 2 aromatic carbocycles. The van der Waals surface area contributed by atoms with E-state index in [-0.39, 0.29) is 5.69 Å². The molecular weight excluding hydrogens is 306 g/mol. The minimum atomic E-state index is -0.405. The molecule has 0 spiro atoms. The normalized spacial score (nSPS) is 13.9. The Morgan fingerprint density at radius 3 is 2.62 bits per heavy atom. The average molecular weight is 325 g/mol. The van der Waals surface area contributed by atoms with Gasteiger partial charge in [-0.1, -0.05) is 18.2 Å². The second-order valence-corrected chi connectivity index (χ2v) is 5.63. The highest BCUT2D eigenvalue weighted by atomic mass is 16.6. The van der Waals surface area contributed by atoms with Gasteiger partial charge in [0.25, 0.3) is 5.69 Å². The van der Waals surface area contributed by atoms with Gasteiger partial charge in [-0.2, -0.15) is 0 Å². The lowest BCUT2D eigenvalue weighted by Gasteiger charge is -2.15. The number of non-ortho nitro benzene ring substituents is 1. The molecule has 0 bridgehead atoms. The molecule has 0 aromatic heterocycles. The molecule has 6 heteroatoms. The van der Waals surface area contributed by atoms with Gasteiger partial charge in [0, 0.05) is 30.8 Å². The maximum Gasteiger partial charge on any atom is 0.269 e. The van der Waals surface area contributed by atoms with Crippen molar-refractivity contribution in [1.82, 2.24) is 5.32 Å². The number of hydrogen-bond acceptors (Lipinski definition) is 5. The van der Waals surface area contributed by atoms with Gasteiger partial charge in [0.05, 0.1) is 18.1 Å². The van der Waals surface area contributed by atoms with Gasteiger partial charge in [-0.3, -0.25) is 15.1 Å². The highest BCUT2D eigenvalue weighted by molar-refractivity contribution is 5.99. The van der Waals surface area contributed by atoms with Crippen LogP contribution in [0, 0.1) is 10.1 Å². The Morgan fingerprint density at radius 2 is 1.92 bits per heavy atom. The van der Waals surface area contributed by atoms with Gasteiger partial charge < -0.3 is 10.1 Å². The Balaban J connectivity index is 1.56. The Hall–Kier alpha value is -2.73. The van der Waals surface area contributed by atoms with Gasteiger partial charge in [0.2, 0.25) is 0 Å². The van der Waals surface area contributed by atoms with Crippen LogP contribution in [0.2, 0.25) is 0 Å². The van der Waals surface area contributed by atoms with Crippen molar-refractivity contribution in [3.8, 4) is 0 Å². The summed E-state index contributed by atoms with van der Waals surface area (Å²) in [5, 5.41) is 13.9. The Labute approximate surface area is 140 Å². The molecular formula is C18H19N3O3. The van der Waals surface area contributed by atoms with Gasteiger partial charge in [-0.25, -0.2) is 0 Å². The smallest absolute Gasteiger partial charge is 0.269 e. The third kappa shape index (κ3) is 4.17. The van der Waals surface area contributed by atoms with Crippen molar-refractivity contribution in [3.05, 3.63) is 75.3 Å². The molecule has 0 saturated carbocycles. The minimum absolute atomic E-state index is 0.0900. The van der Waals surface area contributed by atoms with Crippen LogP contribution in [0.1, 0.15) is 23.1 Å². The molecule has 124 valence electrons. The van der Waals surface area contributed by atoms with Crippen LogP contribution in [0.15, 0.2) is 53.5 Å². The van der Waals surface area contributed by atoms with Gasteiger partial charge in [-0.15, -0.1) is 0 Å². The molecule has 0 amide bonds. The van der Waals surface area contributed by atoms with Crippen LogP contribution in [0.25, 0.3) is 0 Å². The van der Waals surface area contributed by atoms with Crippen LogP contribution < -0.4 is 5.32 Å². The van der Waals surface area contributed by atoms with Gasteiger partial charge in [0.15, 0.2) is 0 Å². The quantitative estimate of drug-likeness (QED) is 0.654. The summed E-state index contributed by atoms with van der Waals surface area (Å²) in [7, 11) is 0. The SMILES string of the molecule is O=[N+]([O-])c1ccc(COCc2cccc(C3=NCCCN3)c2)cc1. The fourth-order valence-corrected chi connectivity index (χ4v) is 2.53. The van der Waals surface area contributed by atoms with Crippen molar-refractivity contribution in [2.45, 2.75) is 19.6 Å². The van der Waals surface area contributed by atoms with E-state index in [1.165, 1.54) is 12.1 Å². The first-order chi connectivity index (χ1) is 11.7. The number of nitrogens with zero attached hydrogens (tertiary/aromatic N) is 2. The maximum absolute atomic E-state index is 10.6. The van der Waals surface area contributed by atoms with E-state index >= 15 is 0 Å². The zero-order valence-electron chi connectivity index (χ0n) is 13.3. The van der Waals surface area contributed by atoms with Gasteiger partial charge in [0.1, 0.15) is 5.84 Å². The first-order valence-electron chi connectivity index (χ1n) is 7.91. The summed E-state index contributed by atoms with van der Waals surface area (Å²) in [6.07, 6.45) is 1.07. The maximum atomic E-state index is 10.6. The van der Waals surface area contributed by atoms with E-state index in [1.807, 2.05) is 18.2 Å². The second kappa shape index (κ2) is 7.70. The lowest BCUT2D eigenvalue weighted by molar-refractivity contribution is -0.384. The third-order valence-electron chi connectivity index (χ3n) is 3.78. The van der Waals surface area contributed by atoms with Crippen LogP contribution >= 0.6 is 0 Å². The zero-order chi connectivity index (χ0) is 16.8. The molecule has 0 radical (unpaired) electrons. The fraction of sp³-hybridized carbons (Fsp3) is 0.278. The first-order valence-corrected chi connectivity index (χ1v) is 7.91. The molecule has 3 rings (SSSR count). The largest absolute Gasteiger partial charge is 0.372 e. The van der Waals surface area contributed by atoms with Crippen molar-refractivity contribution in [3.63, 3.8) is 0 Å². The summed E-state index contributed by atoms with van der Waals surface area (Å²) in [5.74, 6) is 0.943. The Kier molecular flexibility index (Phi) is 5.18. The predicted octanol–water partition coefficient (Wildman–Crippen LogP) is 3.05. The summed E-state index contributed by atoms with van der Waals surface area (Å²) in [5.41, 5.74) is 3.15. The molecule has 1 heterocycles. The van der Waals surface area contributed by atoms with Crippen LogP contribution in [0.3, 0.4) is 0 Å². The second-order valence-electron chi connectivity index (χ2n) is 5.63. The standard InChI is InChI=1S/C18H19N3O3/c22-21(23)17-7-5-14(6-8-17)12-24-13-15-3-1-4-16(11-15)18-19-9-2-10-20-18/h1,3-8,11H,2,9-10,12-13H2,(H,19,20). The van der Waals surface area contributed by atoms with Crippen molar-refractivity contribution < 1.29 is 9.66 Å². The lowest BCUT2D eigenvalue weighted by atomic mass is 10.1. The molecule has 0 fully saturated rings. The molecule has 1 N–H and O–H groups in total. The van der Waals surface area contributed by atoms with E-state index in [2.05, 4.69) is 16.4 Å². The molecule has 0 saturated heterocycles. The summed E-state index contributed by atoms with van der Waals surface area (Å²) in [6.45, 7) is 2.72. The van der Waals surface area contributed by atoms with Crippen molar-refractivity contribution >= 4 is 11.5 Å². The summed E-state index contributed by atoms with van der Waals surface area (Å²) >= 11 is 0. The van der Waals surface area contributed by atoms with Crippen LogP contribution in [-0.2, 0) is 18.0 Å². The summed E-state index contributed by atoms with van der Waals surface area (Å²) in [4.78, 5) is 14.7. The van der Waals surface area contributed by atoms with E-state index in [1.54, 1.807) is 12.1 Å². The van der Waals surface area contributed by atoms with Crippen LogP contribution in [-0.4, -0.2) is 23.8 Å². The summed E-state index contributed by atoms with van der Waals surface area (Å²) in [6, 6.07) is 14.5. The zero-order valence-corrected chi connectivity index (χ0v) is 13.3. The molecule has 0 atom stereocenters. The Bertz CT molecular complexity index is 741. The molecule has 6 nitrogen and oxygen atoms in total. The van der Waals surface area contributed by atoms with E-state index in [0.29, 0.717) is 13.2 Å². The number of ether oxygens (including phenoxy) is 1. The monoisotopic (exact) mass is 325 g/mol. The highest BCUT2D eigenvalue weighted by Crippen LogP contribution is 2.14. The summed E-state index contributed by atoms with van der Waals surface area (Å²) < 4.78 is 5.72. The number of nitro groups is 1. The molecule has 1 aliphatic heterocycles. The van der Waals surface area contributed by atoms with Crippen LogP contribution in [0.4, 0.5) is 5.69 Å². The molecule has 24 heavy (non-hydrogen) atoms. The number of nitrogens with one attached hydrogen (secondary N) is 1. The van der Waals surface area contributed by atoms with E-state index in [0.717, 1.165) is 42.0 Å². The van der Waals surface area contributed by atoms with Gasteiger partial charge >= 0.3 is 0 Å². The number of benzene rings is 2. The van der Waals surface area contributed by atoms with Crippen molar-refractivity contribution in [1.29, 1.82) is 0 Å². The van der Waals surface area contributed by atoms with Gasteiger partial charge in [-0.05, 0) is 35.7 Å². The third-order valence-corrected chi connectivity index (χ3v) is 3.78. The van der Waals surface area contributed by atoms with Crippen molar-refractivity contribution in [2.75, 3.05) is 13.1 Å². The number of amidine groups is 1. The fourth-order valence-electron chi connectivity index (χ4n) is 2.53.